The Kier molecular flexibility index (Phi) is 3.65. The lowest BCUT2D eigenvalue weighted by atomic mass is 10.1. The standard InChI is InChI=1S/C11H18N4O4S/c1-7-3-4-14(8(7)2)9-5-10(12)15(11(13)6-9)19-20(16,17)18/h5-8H,3-4H2,1-2H3,(H4,12,13,16,17,18)/p+1. The smallest absolute Gasteiger partial charge is 0.368 e. The second kappa shape index (κ2) is 4.98. The maximum atomic E-state index is 10.7. The highest BCUT2D eigenvalue weighted by atomic mass is 32.3. The van der Waals surface area contributed by atoms with Gasteiger partial charge in [-0.2, -0.15) is 8.42 Å². The summed E-state index contributed by atoms with van der Waals surface area (Å²) in [6.45, 7) is 5.16. The van der Waals surface area contributed by atoms with Crippen molar-refractivity contribution in [2.45, 2.75) is 26.3 Å². The molecule has 2 atom stereocenters. The molecule has 1 aromatic rings. The quantitative estimate of drug-likeness (QED) is 0.513. The number of anilines is 3. The lowest BCUT2D eigenvalue weighted by Crippen LogP contribution is -2.50. The maximum absolute atomic E-state index is 10.7. The zero-order valence-corrected chi connectivity index (χ0v) is 12.2. The van der Waals surface area contributed by atoms with Gasteiger partial charge in [-0.3, -0.25) is 4.55 Å². The summed E-state index contributed by atoms with van der Waals surface area (Å²) in [5, 5.41) is 0. The van der Waals surface area contributed by atoms with Crippen molar-refractivity contribution < 1.29 is 22.0 Å². The Morgan fingerprint density at radius 1 is 1.35 bits per heavy atom. The highest BCUT2D eigenvalue weighted by molar-refractivity contribution is 7.80. The molecule has 112 valence electrons. The van der Waals surface area contributed by atoms with Gasteiger partial charge in [0.2, 0.25) is 0 Å². The molecule has 1 saturated heterocycles. The molecule has 2 unspecified atom stereocenters. The van der Waals surface area contributed by atoms with Crippen molar-refractivity contribution >= 4 is 27.7 Å². The molecule has 0 saturated carbocycles. The molecule has 9 heteroatoms. The van der Waals surface area contributed by atoms with Gasteiger partial charge in [0.05, 0.1) is 5.69 Å². The Hall–Kier alpha value is -1.74. The zero-order valence-electron chi connectivity index (χ0n) is 11.4. The summed E-state index contributed by atoms with van der Waals surface area (Å²) < 4.78 is 35.1. The Morgan fingerprint density at radius 2 is 1.90 bits per heavy atom. The van der Waals surface area contributed by atoms with E-state index in [1.165, 1.54) is 0 Å². The molecule has 0 aromatic carbocycles. The van der Waals surface area contributed by atoms with Crippen LogP contribution in [-0.4, -0.2) is 25.6 Å². The van der Waals surface area contributed by atoms with Gasteiger partial charge in [0.1, 0.15) is 0 Å². The van der Waals surface area contributed by atoms with Crippen molar-refractivity contribution in [1.82, 2.24) is 0 Å². The maximum Gasteiger partial charge on any atom is 0.476 e. The third kappa shape index (κ3) is 2.88. The number of nitrogen functional groups attached to an aromatic ring is 2. The van der Waals surface area contributed by atoms with E-state index in [1.807, 2.05) is 0 Å². The molecule has 5 N–H and O–H groups in total. The summed E-state index contributed by atoms with van der Waals surface area (Å²) in [4.78, 5) is 2.15. The number of hydrogen-bond acceptors (Lipinski definition) is 6. The number of nitrogens with zero attached hydrogens (tertiary/aromatic N) is 2. The molecule has 1 aliphatic rings. The van der Waals surface area contributed by atoms with Gasteiger partial charge in [0.25, 0.3) is 11.6 Å². The fourth-order valence-corrected chi connectivity index (χ4v) is 2.78. The average molecular weight is 303 g/mol. The first-order valence-electron chi connectivity index (χ1n) is 6.24. The van der Waals surface area contributed by atoms with Crippen LogP contribution in [0.1, 0.15) is 20.3 Å². The van der Waals surface area contributed by atoms with E-state index in [2.05, 4.69) is 23.0 Å². The molecule has 8 nitrogen and oxygen atoms in total. The van der Waals surface area contributed by atoms with E-state index < -0.39 is 10.4 Å². The van der Waals surface area contributed by atoms with E-state index in [0.29, 0.717) is 16.7 Å². The van der Waals surface area contributed by atoms with Crippen molar-refractivity contribution in [2.75, 3.05) is 22.9 Å². The minimum absolute atomic E-state index is 0.00984. The summed E-state index contributed by atoms with van der Waals surface area (Å²) in [6, 6.07) is 3.47. The first-order valence-corrected chi connectivity index (χ1v) is 7.60. The minimum Gasteiger partial charge on any atom is -0.368 e. The van der Waals surface area contributed by atoms with Crippen LogP contribution in [0.15, 0.2) is 12.1 Å². The Labute approximate surface area is 117 Å². The second-order valence-corrected chi connectivity index (χ2v) is 6.06. The molecular formula is C11H19N4O4S+. The van der Waals surface area contributed by atoms with Crippen molar-refractivity contribution in [3.63, 3.8) is 0 Å². The van der Waals surface area contributed by atoms with Crippen LogP contribution in [0.25, 0.3) is 0 Å². The third-order valence-electron chi connectivity index (χ3n) is 3.70. The summed E-state index contributed by atoms with van der Waals surface area (Å²) in [5.74, 6) is 0.535. The van der Waals surface area contributed by atoms with Gasteiger partial charge in [0, 0.05) is 24.7 Å². The van der Waals surface area contributed by atoms with Crippen molar-refractivity contribution in [3.05, 3.63) is 12.1 Å². The predicted octanol–water partition coefficient (Wildman–Crippen LogP) is -0.395. The van der Waals surface area contributed by atoms with Gasteiger partial charge in [-0.25, -0.2) is 4.28 Å². The highest BCUT2D eigenvalue weighted by Gasteiger charge is 2.29. The molecule has 0 bridgehead atoms. The highest BCUT2D eigenvalue weighted by Crippen LogP contribution is 2.30. The van der Waals surface area contributed by atoms with Crippen LogP contribution in [0.4, 0.5) is 17.3 Å². The van der Waals surface area contributed by atoms with E-state index in [4.69, 9.17) is 16.0 Å². The number of pyridine rings is 1. The topological polar surface area (TPSA) is 123 Å². The van der Waals surface area contributed by atoms with Crippen molar-refractivity contribution in [3.8, 4) is 0 Å². The van der Waals surface area contributed by atoms with Crippen LogP contribution < -0.4 is 25.4 Å². The molecule has 0 spiro atoms. The third-order valence-corrected chi connectivity index (χ3v) is 4.04. The molecular weight excluding hydrogens is 284 g/mol. The fourth-order valence-electron chi connectivity index (χ4n) is 2.42. The van der Waals surface area contributed by atoms with Crippen LogP contribution in [0.2, 0.25) is 0 Å². The summed E-state index contributed by atoms with van der Waals surface area (Å²) in [6.07, 6.45) is 1.07. The predicted molar refractivity (Wildman–Crippen MR) is 74.2 cm³/mol. The first-order chi connectivity index (χ1) is 9.19. The molecule has 2 heterocycles. The average Bonchev–Trinajstić information content (AvgIpc) is 2.63. The molecule has 1 aliphatic heterocycles. The molecule has 2 rings (SSSR count). The largest absolute Gasteiger partial charge is 0.476 e. The minimum atomic E-state index is -4.68. The molecule has 0 aliphatic carbocycles. The van der Waals surface area contributed by atoms with Gasteiger partial charge in [-0.15, -0.1) is 0 Å². The van der Waals surface area contributed by atoms with E-state index in [0.717, 1.165) is 18.7 Å². The van der Waals surface area contributed by atoms with Gasteiger partial charge in [0.15, 0.2) is 0 Å². The van der Waals surface area contributed by atoms with E-state index >= 15 is 0 Å². The SMILES string of the molecule is CC1CCN(c2cc(N)[n+](OS(=O)(=O)O)c(N)c2)C1C. The van der Waals surface area contributed by atoms with Crippen LogP contribution in [-0.2, 0) is 10.4 Å². The summed E-state index contributed by atoms with van der Waals surface area (Å²) in [7, 11) is -4.68. The van der Waals surface area contributed by atoms with Crippen LogP contribution >= 0.6 is 0 Å². The monoisotopic (exact) mass is 303 g/mol. The van der Waals surface area contributed by atoms with Gasteiger partial charge in [-0.1, -0.05) is 6.92 Å². The molecule has 0 radical (unpaired) electrons. The lowest BCUT2D eigenvalue weighted by Gasteiger charge is -2.25. The van der Waals surface area contributed by atoms with Gasteiger partial charge in [-0.05, 0) is 24.0 Å². The molecule has 0 amide bonds. The number of hydrogen-bond donors (Lipinski definition) is 3. The number of rotatable bonds is 3. The molecule has 1 fully saturated rings. The first kappa shape index (κ1) is 14.7. The van der Waals surface area contributed by atoms with Crippen LogP contribution in [0, 0.1) is 5.92 Å². The normalized spacial score (nSPS) is 23.1. The van der Waals surface area contributed by atoms with Gasteiger partial charge < -0.3 is 16.4 Å². The van der Waals surface area contributed by atoms with Crippen LogP contribution in [0.3, 0.4) is 0 Å². The number of nitrogens with two attached hydrogens (primary N) is 2. The molecule has 20 heavy (non-hydrogen) atoms. The fraction of sp³-hybridized carbons (Fsp3) is 0.545. The van der Waals surface area contributed by atoms with Crippen molar-refractivity contribution in [2.24, 2.45) is 5.92 Å². The van der Waals surface area contributed by atoms with E-state index in [9.17, 15) is 8.42 Å². The Morgan fingerprint density at radius 3 is 2.30 bits per heavy atom. The van der Waals surface area contributed by atoms with Crippen molar-refractivity contribution in [1.29, 1.82) is 0 Å². The van der Waals surface area contributed by atoms with Gasteiger partial charge >= 0.3 is 10.4 Å². The lowest BCUT2D eigenvalue weighted by molar-refractivity contribution is -0.833. The number of aromatic nitrogens is 1. The zero-order chi connectivity index (χ0) is 15.1. The van der Waals surface area contributed by atoms with E-state index in [1.54, 1.807) is 12.1 Å². The summed E-state index contributed by atoms with van der Waals surface area (Å²) in [5.41, 5.74) is 12.3. The Bertz CT molecular complexity index is 596. The molecule has 1 aromatic heterocycles. The second-order valence-electron chi connectivity index (χ2n) is 5.06. The summed E-state index contributed by atoms with van der Waals surface area (Å²) >= 11 is 0. The Balaban J connectivity index is 2.36. The van der Waals surface area contributed by atoms with Crippen LogP contribution in [0.5, 0.6) is 0 Å². The van der Waals surface area contributed by atoms with E-state index in [-0.39, 0.29) is 11.6 Å².